The minimum atomic E-state index is 0.240. The largest absolute Gasteiger partial charge is 0.475 e. The zero-order valence-corrected chi connectivity index (χ0v) is 10.3. The van der Waals surface area contributed by atoms with Crippen LogP contribution in [0.1, 0.15) is 25.3 Å². The van der Waals surface area contributed by atoms with Crippen LogP contribution in [0.15, 0.2) is 18.3 Å². The van der Waals surface area contributed by atoms with E-state index in [1.54, 1.807) is 6.20 Å². The minimum absolute atomic E-state index is 0.240. The van der Waals surface area contributed by atoms with E-state index in [4.69, 9.17) is 9.47 Å². The van der Waals surface area contributed by atoms with E-state index in [2.05, 4.69) is 17.2 Å². The van der Waals surface area contributed by atoms with Gasteiger partial charge in [0.25, 0.3) is 0 Å². The molecule has 1 atom stereocenters. The topological polar surface area (TPSA) is 43.4 Å². The molecule has 0 saturated carbocycles. The van der Waals surface area contributed by atoms with Crippen LogP contribution < -0.4 is 10.1 Å². The van der Waals surface area contributed by atoms with Crippen molar-refractivity contribution in [3.05, 3.63) is 23.9 Å². The van der Waals surface area contributed by atoms with Crippen LogP contribution in [-0.4, -0.2) is 30.8 Å². The van der Waals surface area contributed by atoms with Crippen molar-refractivity contribution < 1.29 is 9.47 Å². The summed E-state index contributed by atoms with van der Waals surface area (Å²) in [7, 11) is 0. The summed E-state index contributed by atoms with van der Waals surface area (Å²) in [5.41, 5.74) is 1.10. The number of aromatic nitrogens is 1. The average Bonchev–Trinajstić information content (AvgIpc) is 2.88. The van der Waals surface area contributed by atoms with E-state index in [1.807, 2.05) is 12.1 Å². The average molecular weight is 236 g/mol. The Kier molecular flexibility index (Phi) is 4.76. The lowest BCUT2D eigenvalue weighted by molar-refractivity contribution is 0.0659. The monoisotopic (exact) mass is 236 g/mol. The lowest BCUT2D eigenvalue weighted by Crippen LogP contribution is -2.19. The fraction of sp³-hybridized carbons (Fsp3) is 0.615. The van der Waals surface area contributed by atoms with Crippen LogP contribution in [0.25, 0.3) is 0 Å². The van der Waals surface area contributed by atoms with Gasteiger partial charge in [0.15, 0.2) is 0 Å². The predicted molar refractivity (Wildman–Crippen MR) is 66.1 cm³/mol. The van der Waals surface area contributed by atoms with Gasteiger partial charge in [-0.2, -0.15) is 0 Å². The summed E-state index contributed by atoms with van der Waals surface area (Å²) in [5, 5.41) is 3.28. The van der Waals surface area contributed by atoms with Crippen LogP contribution in [-0.2, 0) is 11.3 Å². The van der Waals surface area contributed by atoms with Gasteiger partial charge < -0.3 is 14.8 Å². The maximum absolute atomic E-state index is 5.74. The normalized spacial score (nSPS) is 19.5. The molecule has 1 aromatic heterocycles. The van der Waals surface area contributed by atoms with Crippen LogP contribution in [0, 0.1) is 0 Å². The second-order valence-corrected chi connectivity index (χ2v) is 4.19. The van der Waals surface area contributed by atoms with Crippen molar-refractivity contribution in [3.8, 4) is 5.88 Å². The van der Waals surface area contributed by atoms with Crippen molar-refractivity contribution in [1.29, 1.82) is 0 Å². The van der Waals surface area contributed by atoms with Gasteiger partial charge in [-0.25, -0.2) is 4.98 Å². The summed E-state index contributed by atoms with van der Waals surface area (Å²) in [4.78, 5) is 4.27. The van der Waals surface area contributed by atoms with E-state index < -0.39 is 0 Å². The zero-order valence-electron chi connectivity index (χ0n) is 10.3. The molecule has 1 fully saturated rings. The third-order valence-corrected chi connectivity index (χ3v) is 2.85. The van der Waals surface area contributed by atoms with Gasteiger partial charge in [-0.1, -0.05) is 13.0 Å². The molecule has 1 aromatic rings. The van der Waals surface area contributed by atoms with E-state index >= 15 is 0 Å². The van der Waals surface area contributed by atoms with Crippen molar-refractivity contribution in [2.75, 3.05) is 19.8 Å². The summed E-state index contributed by atoms with van der Waals surface area (Å²) < 4.78 is 11.3. The Morgan fingerprint density at radius 3 is 3.29 bits per heavy atom. The highest BCUT2D eigenvalue weighted by atomic mass is 16.5. The number of nitrogens with zero attached hydrogens (tertiary/aromatic N) is 1. The molecule has 0 spiro atoms. The highest BCUT2D eigenvalue weighted by molar-refractivity contribution is 5.25. The first-order valence-corrected chi connectivity index (χ1v) is 6.29. The van der Waals surface area contributed by atoms with Crippen molar-refractivity contribution in [3.63, 3.8) is 0 Å². The molecular formula is C13H20N2O2. The summed E-state index contributed by atoms with van der Waals surface area (Å²) >= 11 is 0. The van der Waals surface area contributed by atoms with Crippen molar-refractivity contribution in [1.82, 2.24) is 10.3 Å². The maximum atomic E-state index is 5.74. The second-order valence-electron chi connectivity index (χ2n) is 4.19. The molecule has 0 radical (unpaired) electrons. The van der Waals surface area contributed by atoms with Crippen LogP contribution in [0.3, 0.4) is 0 Å². The number of pyridine rings is 1. The van der Waals surface area contributed by atoms with Gasteiger partial charge in [0.05, 0.1) is 6.10 Å². The second kappa shape index (κ2) is 6.57. The Hall–Kier alpha value is -1.13. The van der Waals surface area contributed by atoms with Crippen LogP contribution in [0.4, 0.5) is 0 Å². The number of hydrogen-bond acceptors (Lipinski definition) is 4. The molecule has 0 aromatic carbocycles. The standard InChI is InChI=1S/C13H20N2O2/c1-2-14-9-11-5-3-7-15-13(11)17-10-12-6-4-8-16-12/h3,5,7,12,14H,2,4,6,8-10H2,1H3. The minimum Gasteiger partial charge on any atom is -0.475 e. The van der Waals surface area contributed by atoms with Gasteiger partial charge in [-0.05, 0) is 25.5 Å². The maximum Gasteiger partial charge on any atom is 0.217 e. The van der Waals surface area contributed by atoms with E-state index in [1.165, 1.54) is 0 Å². The molecule has 4 nitrogen and oxygen atoms in total. The van der Waals surface area contributed by atoms with Crippen molar-refractivity contribution >= 4 is 0 Å². The summed E-state index contributed by atoms with van der Waals surface area (Å²) in [6.07, 6.45) is 4.24. The Labute approximate surface area is 102 Å². The first-order valence-electron chi connectivity index (χ1n) is 6.29. The Morgan fingerprint density at radius 2 is 2.53 bits per heavy atom. The molecule has 1 aliphatic heterocycles. The van der Waals surface area contributed by atoms with E-state index in [0.717, 1.165) is 44.0 Å². The quantitative estimate of drug-likeness (QED) is 0.817. The van der Waals surface area contributed by atoms with E-state index in [0.29, 0.717) is 6.61 Å². The first-order chi connectivity index (χ1) is 8.40. The zero-order chi connectivity index (χ0) is 11.9. The lowest BCUT2D eigenvalue weighted by atomic mass is 10.2. The summed E-state index contributed by atoms with van der Waals surface area (Å²) in [5.74, 6) is 0.726. The fourth-order valence-electron chi connectivity index (χ4n) is 1.90. The van der Waals surface area contributed by atoms with Gasteiger partial charge in [0.2, 0.25) is 5.88 Å². The third kappa shape index (κ3) is 3.68. The first kappa shape index (κ1) is 12.3. The molecule has 2 rings (SSSR count). The van der Waals surface area contributed by atoms with Gasteiger partial charge >= 0.3 is 0 Å². The van der Waals surface area contributed by atoms with Crippen LogP contribution in [0.5, 0.6) is 5.88 Å². The molecule has 1 unspecified atom stereocenters. The lowest BCUT2D eigenvalue weighted by Gasteiger charge is -2.13. The molecule has 0 bridgehead atoms. The van der Waals surface area contributed by atoms with Gasteiger partial charge in [0.1, 0.15) is 6.61 Å². The van der Waals surface area contributed by atoms with Crippen molar-refractivity contribution in [2.24, 2.45) is 0 Å². The molecule has 1 saturated heterocycles. The number of ether oxygens (including phenoxy) is 2. The number of nitrogens with one attached hydrogen (secondary N) is 1. The van der Waals surface area contributed by atoms with Gasteiger partial charge in [-0.3, -0.25) is 0 Å². The SMILES string of the molecule is CCNCc1cccnc1OCC1CCCO1. The fourth-order valence-corrected chi connectivity index (χ4v) is 1.90. The molecule has 4 heteroatoms. The Balaban J connectivity index is 1.89. The Bertz CT molecular complexity index is 338. The smallest absolute Gasteiger partial charge is 0.217 e. The highest BCUT2D eigenvalue weighted by Crippen LogP contribution is 2.17. The molecule has 1 N–H and O–H groups in total. The van der Waals surface area contributed by atoms with Gasteiger partial charge in [0, 0.05) is 24.9 Å². The molecule has 17 heavy (non-hydrogen) atoms. The third-order valence-electron chi connectivity index (χ3n) is 2.85. The highest BCUT2D eigenvalue weighted by Gasteiger charge is 2.16. The summed E-state index contributed by atoms with van der Waals surface area (Å²) in [6.45, 7) is 5.30. The molecule has 1 aliphatic rings. The summed E-state index contributed by atoms with van der Waals surface area (Å²) in [6, 6.07) is 3.98. The van der Waals surface area contributed by atoms with E-state index in [9.17, 15) is 0 Å². The van der Waals surface area contributed by atoms with Crippen LogP contribution >= 0.6 is 0 Å². The van der Waals surface area contributed by atoms with Crippen LogP contribution in [0.2, 0.25) is 0 Å². The number of rotatable bonds is 6. The molecular weight excluding hydrogens is 216 g/mol. The van der Waals surface area contributed by atoms with Crippen molar-refractivity contribution in [2.45, 2.75) is 32.4 Å². The van der Waals surface area contributed by atoms with E-state index in [-0.39, 0.29) is 6.10 Å². The molecule has 0 aliphatic carbocycles. The Morgan fingerprint density at radius 1 is 1.59 bits per heavy atom. The predicted octanol–water partition coefficient (Wildman–Crippen LogP) is 1.75. The molecule has 2 heterocycles. The molecule has 0 amide bonds. The number of hydrogen-bond donors (Lipinski definition) is 1. The molecule has 94 valence electrons. The van der Waals surface area contributed by atoms with Gasteiger partial charge in [-0.15, -0.1) is 0 Å².